The van der Waals surface area contributed by atoms with Gasteiger partial charge in [-0.3, -0.25) is 14.9 Å². The number of anilines is 2. The molecule has 6 nitrogen and oxygen atoms in total. The van der Waals surface area contributed by atoms with E-state index in [9.17, 15) is 9.59 Å². The summed E-state index contributed by atoms with van der Waals surface area (Å²) < 4.78 is 5.93. The highest BCUT2D eigenvalue weighted by atomic mass is 32.1. The lowest BCUT2D eigenvalue weighted by Crippen LogP contribution is -2.13. The maximum absolute atomic E-state index is 12.0. The Balaban J connectivity index is 1.74. The van der Waals surface area contributed by atoms with Gasteiger partial charge < -0.3 is 9.73 Å². The van der Waals surface area contributed by atoms with Crippen LogP contribution in [0.2, 0.25) is 0 Å². The molecule has 0 bridgehead atoms. The summed E-state index contributed by atoms with van der Waals surface area (Å²) in [5.41, 5.74) is 1.48. The van der Waals surface area contributed by atoms with Crippen LogP contribution in [0.4, 0.5) is 10.8 Å². The van der Waals surface area contributed by atoms with Crippen molar-refractivity contribution in [3.63, 3.8) is 0 Å². The minimum atomic E-state index is -0.343. The van der Waals surface area contributed by atoms with Crippen LogP contribution < -0.4 is 10.6 Å². The first-order valence-electron chi connectivity index (χ1n) is 7.56. The zero-order valence-electron chi connectivity index (χ0n) is 13.3. The summed E-state index contributed by atoms with van der Waals surface area (Å²) in [5.74, 6) is 0.182. The van der Waals surface area contributed by atoms with Crippen molar-refractivity contribution in [3.8, 4) is 0 Å². The maximum atomic E-state index is 12.0. The van der Waals surface area contributed by atoms with E-state index < -0.39 is 0 Å². The van der Waals surface area contributed by atoms with Gasteiger partial charge in [-0.25, -0.2) is 4.98 Å². The highest BCUT2D eigenvalue weighted by Gasteiger charge is 2.13. The number of carbonyl (C=O) groups excluding carboxylic acids is 2. The van der Waals surface area contributed by atoms with Crippen LogP contribution in [0, 0.1) is 5.92 Å². The molecule has 2 heterocycles. The lowest BCUT2D eigenvalue weighted by molar-refractivity contribution is -0.116. The summed E-state index contributed by atoms with van der Waals surface area (Å²) in [6, 6.07) is 8.72. The molecule has 24 heavy (non-hydrogen) atoms. The van der Waals surface area contributed by atoms with E-state index in [4.69, 9.17) is 4.42 Å². The van der Waals surface area contributed by atoms with Crippen LogP contribution in [0.15, 0.2) is 41.0 Å². The predicted octanol–water partition coefficient (Wildman–Crippen LogP) is 4.13. The van der Waals surface area contributed by atoms with Crippen molar-refractivity contribution < 1.29 is 14.0 Å². The number of furan rings is 1. The molecule has 3 aromatic rings. The summed E-state index contributed by atoms with van der Waals surface area (Å²) >= 11 is 1.34. The van der Waals surface area contributed by atoms with Gasteiger partial charge in [-0.2, -0.15) is 0 Å². The summed E-state index contributed by atoms with van der Waals surface area (Å²) in [5, 5.41) is 6.07. The number of rotatable bonds is 5. The average Bonchev–Trinajstić information content (AvgIpc) is 3.14. The van der Waals surface area contributed by atoms with Crippen LogP contribution in [-0.4, -0.2) is 16.8 Å². The zero-order valence-corrected chi connectivity index (χ0v) is 14.1. The SMILES string of the molecule is CC(C)CC(=O)Nc1ccc2nc(NC(=O)c3ccco3)sc2c1. The molecule has 0 aliphatic rings. The molecule has 0 spiro atoms. The van der Waals surface area contributed by atoms with Crippen LogP contribution in [0.25, 0.3) is 10.2 Å². The number of thiazole rings is 1. The fraction of sp³-hybridized carbons (Fsp3) is 0.235. The lowest BCUT2D eigenvalue weighted by Gasteiger charge is -2.06. The van der Waals surface area contributed by atoms with Gasteiger partial charge in [0.1, 0.15) is 0 Å². The van der Waals surface area contributed by atoms with E-state index in [1.165, 1.54) is 17.6 Å². The highest BCUT2D eigenvalue weighted by Crippen LogP contribution is 2.28. The van der Waals surface area contributed by atoms with Crippen molar-refractivity contribution in [2.45, 2.75) is 20.3 Å². The first-order valence-corrected chi connectivity index (χ1v) is 8.38. The maximum Gasteiger partial charge on any atom is 0.293 e. The molecular weight excluding hydrogens is 326 g/mol. The van der Waals surface area contributed by atoms with E-state index in [-0.39, 0.29) is 17.6 Å². The smallest absolute Gasteiger partial charge is 0.293 e. The van der Waals surface area contributed by atoms with Gasteiger partial charge in [0.15, 0.2) is 10.9 Å². The Morgan fingerprint density at radius 3 is 2.79 bits per heavy atom. The molecule has 0 unspecified atom stereocenters. The summed E-state index contributed by atoms with van der Waals surface area (Å²) in [4.78, 5) is 28.2. The standard InChI is InChI=1S/C17H17N3O3S/c1-10(2)8-15(21)18-11-5-6-12-14(9-11)24-17(19-12)20-16(22)13-4-3-7-23-13/h3-7,9-10H,8H2,1-2H3,(H,18,21)(H,19,20,22). The van der Waals surface area contributed by atoms with Crippen molar-refractivity contribution in [1.29, 1.82) is 0 Å². The monoisotopic (exact) mass is 343 g/mol. The van der Waals surface area contributed by atoms with E-state index in [1.54, 1.807) is 18.2 Å². The molecule has 0 atom stereocenters. The molecule has 2 N–H and O–H groups in total. The van der Waals surface area contributed by atoms with Crippen molar-refractivity contribution >= 4 is 44.2 Å². The Bertz CT molecular complexity index is 868. The van der Waals surface area contributed by atoms with E-state index in [1.807, 2.05) is 26.0 Å². The number of carbonyl (C=O) groups is 2. The minimum Gasteiger partial charge on any atom is -0.459 e. The lowest BCUT2D eigenvalue weighted by atomic mass is 10.1. The van der Waals surface area contributed by atoms with Gasteiger partial charge in [-0.05, 0) is 36.2 Å². The third-order valence-electron chi connectivity index (χ3n) is 3.23. The van der Waals surface area contributed by atoms with Crippen LogP contribution in [0.5, 0.6) is 0 Å². The Morgan fingerprint density at radius 1 is 1.25 bits per heavy atom. The molecule has 0 aliphatic heterocycles. The van der Waals surface area contributed by atoms with Crippen molar-refractivity contribution in [3.05, 3.63) is 42.4 Å². The largest absolute Gasteiger partial charge is 0.459 e. The first kappa shape index (κ1) is 16.2. The van der Waals surface area contributed by atoms with Gasteiger partial charge in [0, 0.05) is 12.1 Å². The van der Waals surface area contributed by atoms with E-state index in [2.05, 4.69) is 15.6 Å². The molecule has 3 rings (SSSR count). The number of hydrogen-bond acceptors (Lipinski definition) is 5. The fourth-order valence-electron chi connectivity index (χ4n) is 2.21. The Morgan fingerprint density at radius 2 is 2.08 bits per heavy atom. The summed E-state index contributed by atoms with van der Waals surface area (Å²) in [7, 11) is 0. The molecule has 7 heteroatoms. The predicted molar refractivity (Wildman–Crippen MR) is 94.4 cm³/mol. The molecule has 0 saturated heterocycles. The molecular formula is C17H17N3O3S. The quantitative estimate of drug-likeness (QED) is 0.729. The second kappa shape index (κ2) is 6.84. The van der Waals surface area contributed by atoms with E-state index in [0.717, 1.165) is 15.9 Å². The summed E-state index contributed by atoms with van der Waals surface area (Å²) in [6.07, 6.45) is 1.92. The van der Waals surface area contributed by atoms with Crippen LogP contribution in [0.3, 0.4) is 0 Å². The van der Waals surface area contributed by atoms with Crippen LogP contribution >= 0.6 is 11.3 Å². The number of nitrogens with one attached hydrogen (secondary N) is 2. The normalized spacial score (nSPS) is 11.0. The zero-order chi connectivity index (χ0) is 17.1. The Hall–Kier alpha value is -2.67. The minimum absolute atomic E-state index is 0.0137. The number of hydrogen-bond donors (Lipinski definition) is 2. The molecule has 2 aromatic heterocycles. The molecule has 0 aliphatic carbocycles. The first-order chi connectivity index (χ1) is 11.5. The van der Waals surface area contributed by atoms with E-state index >= 15 is 0 Å². The number of benzene rings is 1. The van der Waals surface area contributed by atoms with Crippen molar-refractivity contribution in [2.24, 2.45) is 5.92 Å². The third kappa shape index (κ3) is 3.80. The molecule has 2 amide bonds. The molecule has 0 saturated carbocycles. The fourth-order valence-corrected chi connectivity index (χ4v) is 3.11. The Labute approximate surface area is 142 Å². The van der Waals surface area contributed by atoms with Gasteiger partial charge in [-0.1, -0.05) is 25.2 Å². The van der Waals surface area contributed by atoms with E-state index in [0.29, 0.717) is 17.5 Å². The molecule has 0 radical (unpaired) electrons. The second-order valence-corrected chi connectivity index (χ2v) is 6.81. The summed E-state index contributed by atoms with van der Waals surface area (Å²) in [6.45, 7) is 4.00. The third-order valence-corrected chi connectivity index (χ3v) is 4.16. The Kier molecular flexibility index (Phi) is 4.61. The molecule has 1 aromatic carbocycles. The molecule has 0 fully saturated rings. The number of aromatic nitrogens is 1. The van der Waals surface area contributed by atoms with Gasteiger partial charge in [0.2, 0.25) is 5.91 Å². The van der Waals surface area contributed by atoms with Gasteiger partial charge in [-0.15, -0.1) is 0 Å². The second-order valence-electron chi connectivity index (χ2n) is 5.78. The number of nitrogens with zero attached hydrogens (tertiary/aromatic N) is 1. The highest BCUT2D eigenvalue weighted by molar-refractivity contribution is 7.22. The number of amides is 2. The van der Waals surface area contributed by atoms with Crippen molar-refractivity contribution in [2.75, 3.05) is 10.6 Å². The topological polar surface area (TPSA) is 84.2 Å². The number of fused-ring (bicyclic) bond motifs is 1. The van der Waals surface area contributed by atoms with Gasteiger partial charge >= 0.3 is 0 Å². The molecule has 124 valence electrons. The average molecular weight is 343 g/mol. The van der Waals surface area contributed by atoms with Gasteiger partial charge in [0.25, 0.3) is 5.91 Å². The van der Waals surface area contributed by atoms with Crippen LogP contribution in [-0.2, 0) is 4.79 Å². The van der Waals surface area contributed by atoms with Crippen molar-refractivity contribution in [1.82, 2.24) is 4.98 Å². The van der Waals surface area contributed by atoms with Crippen LogP contribution in [0.1, 0.15) is 30.8 Å². The van der Waals surface area contributed by atoms with Gasteiger partial charge in [0.05, 0.1) is 16.5 Å².